The molecule has 2 aliphatic carbocycles. The van der Waals surface area contributed by atoms with Gasteiger partial charge < -0.3 is 9.47 Å². The largest absolute Gasteiger partial charge is 0.497 e. The average Bonchev–Trinajstić information content (AvgIpc) is 2.76. The van der Waals surface area contributed by atoms with Crippen molar-refractivity contribution >= 4 is 17.3 Å². The van der Waals surface area contributed by atoms with Gasteiger partial charge in [-0.2, -0.15) is 0 Å². The number of carbonyl (C=O) groups is 3. The third-order valence-corrected chi connectivity index (χ3v) is 6.03. The quantitative estimate of drug-likeness (QED) is 0.748. The Morgan fingerprint density at radius 1 is 0.867 bits per heavy atom. The predicted octanol–water partition coefficient (Wildman–Crippen LogP) is 4.40. The molecule has 2 aromatic carbocycles. The third kappa shape index (κ3) is 2.65. The van der Waals surface area contributed by atoms with Gasteiger partial charge in [0.15, 0.2) is 17.3 Å². The van der Waals surface area contributed by atoms with Crippen molar-refractivity contribution in [2.75, 3.05) is 7.11 Å². The van der Waals surface area contributed by atoms with E-state index >= 15 is 0 Å². The number of ketones is 3. The zero-order valence-electron chi connectivity index (χ0n) is 16.7. The first-order valence-electron chi connectivity index (χ1n) is 10.00. The van der Waals surface area contributed by atoms with Gasteiger partial charge in [-0.05, 0) is 23.6 Å². The maximum Gasteiger partial charge on any atom is 0.229 e. The van der Waals surface area contributed by atoms with E-state index in [-0.39, 0.29) is 34.6 Å². The molecular formula is C25H20O5. The van der Waals surface area contributed by atoms with Gasteiger partial charge in [-0.3, -0.25) is 14.4 Å². The summed E-state index contributed by atoms with van der Waals surface area (Å²) in [7, 11) is 1.58. The summed E-state index contributed by atoms with van der Waals surface area (Å²) in [5.41, 5.74) is 2.21. The molecule has 0 spiro atoms. The van der Waals surface area contributed by atoms with E-state index in [0.29, 0.717) is 41.1 Å². The molecule has 150 valence electrons. The lowest BCUT2D eigenvalue weighted by molar-refractivity contribution is -0.117. The number of Topliss-reactive ketones (excluding diaryl/α,β-unsaturated/α-hetero) is 3. The Kier molecular flexibility index (Phi) is 4.21. The molecular weight excluding hydrogens is 380 g/mol. The molecule has 1 aliphatic heterocycles. The Labute approximate surface area is 174 Å². The summed E-state index contributed by atoms with van der Waals surface area (Å²) < 4.78 is 11.3. The van der Waals surface area contributed by atoms with E-state index in [1.54, 1.807) is 43.5 Å². The second kappa shape index (κ2) is 6.80. The zero-order chi connectivity index (χ0) is 21.0. The van der Waals surface area contributed by atoms with Crippen molar-refractivity contribution in [3.05, 3.63) is 87.9 Å². The number of allylic oxidation sites excluding steroid dienone is 4. The summed E-state index contributed by atoms with van der Waals surface area (Å²) in [6.07, 6.45) is 0.962. The lowest BCUT2D eigenvalue weighted by Gasteiger charge is -2.36. The van der Waals surface area contributed by atoms with Crippen LogP contribution in [-0.2, 0) is 9.53 Å². The predicted molar refractivity (Wildman–Crippen MR) is 109 cm³/mol. The van der Waals surface area contributed by atoms with Gasteiger partial charge in [0.1, 0.15) is 11.5 Å². The van der Waals surface area contributed by atoms with Crippen molar-refractivity contribution in [3.8, 4) is 5.75 Å². The molecule has 0 fully saturated rings. The lowest BCUT2D eigenvalue weighted by atomic mass is 9.70. The van der Waals surface area contributed by atoms with Crippen molar-refractivity contribution in [2.24, 2.45) is 5.92 Å². The molecule has 5 rings (SSSR count). The molecule has 0 bridgehead atoms. The van der Waals surface area contributed by atoms with Crippen LogP contribution in [0.5, 0.6) is 5.75 Å². The third-order valence-electron chi connectivity index (χ3n) is 6.03. The molecule has 2 aromatic rings. The van der Waals surface area contributed by atoms with Crippen molar-refractivity contribution < 1.29 is 23.9 Å². The molecule has 2 atom stereocenters. The normalized spacial score (nSPS) is 22.9. The Balaban J connectivity index is 1.74. The van der Waals surface area contributed by atoms with Crippen molar-refractivity contribution in [1.82, 2.24) is 0 Å². The van der Waals surface area contributed by atoms with Crippen molar-refractivity contribution in [3.63, 3.8) is 0 Å². The Hall–Kier alpha value is -3.47. The summed E-state index contributed by atoms with van der Waals surface area (Å²) in [5.74, 6) is 0.134. The highest BCUT2D eigenvalue weighted by Crippen LogP contribution is 2.49. The van der Waals surface area contributed by atoms with Crippen LogP contribution in [0.3, 0.4) is 0 Å². The fourth-order valence-corrected chi connectivity index (χ4v) is 4.63. The number of carbonyl (C=O) groups excluding carboxylic acids is 3. The van der Waals surface area contributed by atoms with Gasteiger partial charge in [-0.15, -0.1) is 0 Å². The van der Waals surface area contributed by atoms with Gasteiger partial charge in [0, 0.05) is 35.5 Å². The highest BCUT2D eigenvalue weighted by molar-refractivity contribution is 6.27. The second-order valence-electron chi connectivity index (χ2n) is 8.03. The second-order valence-corrected chi connectivity index (χ2v) is 8.03. The first-order valence-corrected chi connectivity index (χ1v) is 10.00. The van der Waals surface area contributed by atoms with Crippen LogP contribution in [0, 0.1) is 5.92 Å². The summed E-state index contributed by atoms with van der Waals surface area (Å²) in [6.45, 7) is 1.99. The van der Waals surface area contributed by atoms with E-state index in [1.165, 1.54) is 0 Å². The lowest BCUT2D eigenvalue weighted by Crippen LogP contribution is -2.35. The van der Waals surface area contributed by atoms with E-state index in [0.717, 1.165) is 5.56 Å². The highest BCUT2D eigenvalue weighted by Gasteiger charge is 2.46. The maximum absolute atomic E-state index is 13.5. The molecule has 1 heterocycles. The topological polar surface area (TPSA) is 69.7 Å². The molecule has 5 heteroatoms. The van der Waals surface area contributed by atoms with E-state index < -0.39 is 5.92 Å². The molecule has 0 radical (unpaired) electrons. The number of fused-ring (bicyclic) bond motifs is 1. The number of ether oxygens (including phenoxy) is 2. The number of rotatable bonds is 2. The molecule has 3 aliphatic rings. The fourth-order valence-electron chi connectivity index (χ4n) is 4.63. The van der Waals surface area contributed by atoms with Gasteiger partial charge in [-0.25, -0.2) is 0 Å². The first-order chi connectivity index (χ1) is 14.5. The SMILES string of the molecule is COc1ccc(C2C3=C(CC(C)CC3=O)OC3=C2C(=O)c2ccccc2C3=O)cc1. The van der Waals surface area contributed by atoms with Crippen molar-refractivity contribution in [1.29, 1.82) is 0 Å². The average molecular weight is 400 g/mol. The molecule has 0 saturated carbocycles. The van der Waals surface area contributed by atoms with Gasteiger partial charge in [0.2, 0.25) is 5.78 Å². The smallest absolute Gasteiger partial charge is 0.229 e. The van der Waals surface area contributed by atoms with Crippen molar-refractivity contribution in [2.45, 2.75) is 25.7 Å². The van der Waals surface area contributed by atoms with Crippen LogP contribution >= 0.6 is 0 Å². The molecule has 30 heavy (non-hydrogen) atoms. The minimum Gasteiger partial charge on any atom is -0.497 e. The minimum absolute atomic E-state index is 0.0322. The van der Waals surface area contributed by atoms with E-state index in [2.05, 4.69) is 0 Å². The summed E-state index contributed by atoms with van der Waals surface area (Å²) in [4.78, 5) is 39.8. The number of benzene rings is 2. The van der Waals surface area contributed by atoms with Gasteiger partial charge in [0.25, 0.3) is 0 Å². The Bertz CT molecular complexity index is 1170. The first kappa shape index (κ1) is 18.6. The zero-order valence-corrected chi connectivity index (χ0v) is 16.7. The maximum atomic E-state index is 13.5. The van der Waals surface area contributed by atoms with Crippen LogP contribution in [0.2, 0.25) is 0 Å². The van der Waals surface area contributed by atoms with Crippen LogP contribution in [0.15, 0.2) is 71.2 Å². The fraction of sp³-hybridized carbons (Fsp3) is 0.240. The molecule has 0 amide bonds. The molecule has 5 nitrogen and oxygen atoms in total. The number of hydrogen-bond acceptors (Lipinski definition) is 5. The monoisotopic (exact) mass is 400 g/mol. The van der Waals surface area contributed by atoms with E-state index in [4.69, 9.17) is 9.47 Å². The highest BCUT2D eigenvalue weighted by atomic mass is 16.5. The Morgan fingerprint density at radius 2 is 1.53 bits per heavy atom. The van der Waals surface area contributed by atoms with Crippen LogP contribution in [0.1, 0.15) is 52.0 Å². The molecule has 0 aromatic heterocycles. The van der Waals surface area contributed by atoms with Gasteiger partial charge >= 0.3 is 0 Å². The van der Waals surface area contributed by atoms with Crippen LogP contribution in [0.4, 0.5) is 0 Å². The molecule has 2 unspecified atom stereocenters. The van der Waals surface area contributed by atoms with Crippen LogP contribution in [-0.4, -0.2) is 24.5 Å². The summed E-state index contributed by atoms with van der Waals surface area (Å²) in [5, 5.41) is 0. The molecule has 0 N–H and O–H groups in total. The van der Waals surface area contributed by atoms with Gasteiger partial charge in [-0.1, -0.05) is 43.3 Å². The van der Waals surface area contributed by atoms with E-state index in [1.807, 2.05) is 19.1 Å². The standard InChI is InChI=1S/C25H20O5/c1-13-11-18(26)21-19(12-13)30-25-22(20(21)14-7-9-15(29-2)10-8-14)23(27)16-5-3-4-6-17(16)24(25)28/h3-10,13,20H,11-12H2,1-2H3. The number of methoxy groups -OCH3 is 1. The van der Waals surface area contributed by atoms with Gasteiger partial charge in [0.05, 0.1) is 12.7 Å². The Morgan fingerprint density at radius 3 is 2.20 bits per heavy atom. The summed E-state index contributed by atoms with van der Waals surface area (Å²) in [6, 6.07) is 14.0. The number of hydrogen-bond donors (Lipinski definition) is 0. The molecule has 0 saturated heterocycles. The van der Waals surface area contributed by atoms with Crippen LogP contribution < -0.4 is 4.74 Å². The minimum atomic E-state index is -0.625. The summed E-state index contributed by atoms with van der Waals surface area (Å²) >= 11 is 0. The van der Waals surface area contributed by atoms with E-state index in [9.17, 15) is 14.4 Å². The van der Waals surface area contributed by atoms with Crippen LogP contribution in [0.25, 0.3) is 0 Å².